The van der Waals surface area contributed by atoms with Crippen molar-refractivity contribution in [2.75, 3.05) is 18.6 Å². The molecule has 1 aromatic rings. The van der Waals surface area contributed by atoms with Gasteiger partial charge in [-0.3, -0.25) is 4.79 Å². The van der Waals surface area contributed by atoms with E-state index in [-0.39, 0.29) is 24.0 Å². The van der Waals surface area contributed by atoms with E-state index < -0.39 is 15.3 Å². The van der Waals surface area contributed by atoms with Gasteiger partial charge in [0.05, 0.1) is 11.2 Å². The summed E-state index contributed by atoms with van der Waals surface area (Å²) in [5.74, 6) is -0.571. The molecule has 1 aromatic carbocycles. The number of hydrogen-bond donors (Lipinski definition) is 1. The number of halogens is 1. The summed E-state index contributed by atoms with van der Waals surface area (Å²) < 4.78 is 35.1. The molecule has 1 aliphatic rings. The Morgan fingerprint density at radius 2 is 1.90 bits per heavy atom. The van der Waals surface area contributed by atoms with Gasteiger partial charge in [0.15, 0.2) is 0 Å². The van der Waals surface area contributed by atoms with Crippen molar-refractivity contribution in [1.82, 2.24) is 5.32 Å². The third kappa shape index (κ3) is 3.17. The van der Waals surface area contributed by atoms with Crippen LogP contribution in [0.1, 0.15) is 24.8 Å². The number of rotatable bonds is 5. The first-order chi connectivity index (χ1) is 9.33. The van der Waals surface area contributed by atoms with E-state index in [2.05, 4.69) is 5.32 Å². The van der Waals surface area contributed by atoms with Crippen molar-refractivity contribution in [1.29, 1.82) is 0 Å². The van der Waals surface area contributed by atoms with Gasteiger partial charge in [-0.2, -0.15) is 0 Å². The van der Waals surface area contributed by atoms with Gasteiger partial charge in [0.25, 0.3) is 0 Å². The van der Waals surface area contributed by atoms with E-state index in [9.17, 15) is 17.6 Å². The summed E-state index contributed by atoms with van der Waals surface area (Å²) in [5, 5.41) is 2.68. The highest BCUT2D eigenvalue weighted by molar-refractivity contribution is 7.90. The highest BCUT2D eigenvalue weighted by atomic mass is 32.2. The van der Waals surface area contributed by atoms with Gasteiger partial charge in [-0.25, -0.2) is 12.8 Å². The molecule has 4 nitrogen and oxygen atoms in total. The first-order valence-electron chi connectivity index (χ1n) is 6.56. The zero-order valence-electron chi connectivity index (χ0n) is 11.4. The zero-order valence-corrected chi connectivity index (χ0v) is 12.2. The maximum Gasteiger partial charge on any atom is 0.230 e. The third-order valence-electron chi connectivity index (χ3n) is 3.80. The summed E-state index contributed by atoms with van der Waals surface area (Å²) in [6, 6.07) is 5.95. The van der Waals surface area contributed by atoms with Crippen LogP contribution < -0.4 is 5.32 Å². The lowest BCUT2D eigenvalue weighted by molar-refractivity contribution is -0.129. The number of carbonyl (C=O) groups is 1. The molecule has 0 radical (unpaired) electrons. The summed E-state index contributed by atoms with van der Waals surface area (Å²) in [6.07, 6.45) is 3.50. The van der Waals surface area contributed by atoms with Crippen molar-refractivity contribution >= 4 is 15.7 Å². The molecular weight excluding hydrogens is 281 g/mol. The van der Waals surface area contributed by atoms with Crippen LogP contribution in [0.4, 0.5) is 4.39 Å². The van der Waals surface area contributed by atoms with Crippen molar-refractivity contribution < 1.29 is 17.6 Å². The summed E-state index contributed by atoms with van der Waals surface area (Å²) in [4.78, 5) is 12.3. The van der Waals surface area contributed by atoms with E-state index >= 15 is 0 Å². The number of benzene rings is 1. The summed E-state index contributed by atoms with van der Waals surface area (Å²) in [7, 11) is -3.09. The molecular formula is C14H18FNO3S. The van der Waals surface area contributed by atoms with Gasteiger partial charge in [-0.1, -0.05) is 18.6 Å². The van der Waals surface area contributed by atoms with E-state index in [0.717, 1.165) is 18.2 Å². The van der Waals surface area contributed by atoms with Crippen molar-refractivity contribution in [2.24, 2.45) is 0 Å². The van der Waals surface area contributed by atoms with Crippen LogP contribution >= 0.6 is 0 Å². The summed E-state index contributed by atoms with van der Waals surface area (Å²) >= 11 is 0. The van der Waals surface area contributed by atoms with E-state index in [1.807, 2.05) is 0 Å². The van der Waals surface area contributed by atoms with Crippen LogP contribution in [0.15, 0.2) is 24.3 Å². The van der Waals surface area contributed by atoms with Crippen molar-refractivity contribution in [2.45, 2.75) is 24.7 Å². The van der Waals surface area contributed by atoms with Crippen LogP contribution in [-0.2, 0) is 20.0 Å². The van der Waals surface area contributed by atoms with Crippen molar-refractivity contribution in [3.8, 4) is 0 Å². The predicted molar refractivity (Wildman–Crippen MR) is 74.6 cm³/mol. The maximum absolute atomic E-state index is 13.0. The number of nitrogens with one attached hydrogen (secondary N) is 1. The minimum Gasteiger partial charge on any atom is -0.354 e. The number of amides is 1. The Morgan fingerprint density at radius 3 is 2.35 bits per heavy atom. The average Bonchev–Trinajstić information content (AvgIpc) is 2.28. The molecule has 1 saturated carbocycles. The molecule has 2 rings (SSSR count). The quantitative estimate of drug-likeness (QED) is 0.894. The van der Waals surface area contributed by atoms with Gasteiger partial charge >= 0.3 is 0 Å². The van der Waals surface area contributed by atoms with Crippen LogP contribution in [0.5, 0.6) is 0 Å². The van der Waals surface area contributed by atoms with Gasteiger partial charge in [-0.05, 0) is 30.5 Å². The standard InChI is InChI=1S/C14H18FNO3S/c1-20(18,19)10-9-16-13(17)14(7-2-8-14)11-3-5-12(15)6-4-11/h3-6H,2,7-10H2,1H3,(H,16,17). The van der Waals surface area contributed by atoms with Crippen LogP contribution in [0.25, 0.3) is 0 Å². The average molecular weight is 299 g/mol. The second-order valence-electron chi connectivity index (χ2n) is 5.33. The smallest absolute Gasteiger partial charge is 0.230 e. The topological polar surface area (TPSA) is 63.2 Å². The lowest BCUT2D eigenvalue weighted by atomic mass is 9.64. The molecule has 6 heteroatoms. The van der Waals surface area contributed by atoms with E-state index in [4.69, 9.17) is 0 Å². The molecule has 0 spiro atoms. The Hall–Kier alpha value is -1.43. The van der Waals surface area contributed by atoms with Gasteiger partial charge in [-0.15, -0.1) is 0 Å². The lowest BCUT2D eigenvalue weighted by Crippen LogP contribution is -2.50. The molecule has 1 fully saturated rings. The highest BCUT2D eigenvalue weighted by Crippen LogP contribution is 2.43. The van der Waals surface area contributed by atoms with E-state index in [1.54, 1.807) is 12.1 Å². The first kappa shape index (κ1) is 15.0. The lowest BCUT2D eigenvalue weighted by Gasteiger charge is -2.40. The first-order valence-corrected chi connectivity index (χ1v) is 8.62. The SMILES string of the molecule is CS(=O)(=O)CCNC(=O)C1(c2ccc(F)cc2)CCC1. The van der Waals surface area contributed by atoms with Gasteiger partial charge in [0, 0.05) is 12.8 Å². The summed E-state index contributed by atoms with van der Waals surface area (Å²) in [5.41, 5.74) is 0.174. The Bertz CT molecular complexity index is 591. The van der Waals surface area contributed by atoms with Crippen LogP contribution in [0.2, 0.25) is 0 Å². The summed E-state index contributed by atoms with van der Waals surface area (Å²) in [6.45, 7) is 0.112. The number of sulfone groups is 1. The Balaban J connectivity index is 2.07. The second-order valence-corrected chi connectivity index (χ2v) is 7.59. The van der Waals surface area contributed by atoms with Crippen LogP contribution in [0.3, 0.4) is 0 Å². The van der Waals surface area contributed by atoms with Gasteiger partial charge < -0.3 is 5.32 Å². The molecule has 110 valence electrons. The highest BCUT2D eigenvalue weighted by Gasteiger charge is 2.45. The second kappa shape index (κ2) is 5.52. The largest absolute Gasteiger partial charge is 0.354 e. The predicted octanol–water partition coefficient (Wildman–Crippen LogP) is 1.41. The third-order valence-corrected chi connectivity index (χ3v) is 4.74. The molecule has 20 heavy (non-hydrogen) atoms. The van der Waals surface area contributed by atoms with Crippen LogP contribution in [0, 0.1) is 5.82 Å². The van der Waals surface area contributed by atoms with Gasteiger partial charge in [0.1, 0.15) is 15.7 Å². The number of carbonyl (C=O) groups excluding carboxylic acids is 1. The molecule has 1 aliphatic carbocycles. The Kier molecular flexibility index (Phi) is 4.13. The van der Waals surface area contributed by atoms with E-state index in [0.29, 0.717) is 12.8 Å². The molecule has 0 aromatic heterocycles. The Morgan fingerprint density at radius 1 is 1.30 bits per heavy atom. The van der Waals surface area contributed by atoms with Crippen molar-refractivity contribution in [3.05, 3.63) is 35.6 Å². The monoisotopic (exact) mass is 299 g/mol. The van der Waals surface area contributed by atoms with Crippen molar-refractivity contribution in [3.63, 3.8) is 0 Å². The molecule has 0 saturated heterocycles. The maximum atomic E-state index is 13.0. The molecule has 0 bridgehead atoms. The molecule has 0 heterocycles. The van der Waals surface area contributed by atoms with Gasteiger partial charge in [0.2, 0.25) is 5.91 Å². The minimum absolute atomic E-state index is 0.0712. The van der Waals surface area contributed by atoms with E-state index in [1.165, 1.54) is 12.1 Å². The molecule has 0 unspecified atom stereocenters. The fourth-order valence-electron chi connectivity index (χ4n) is 2.47. The fourth-order valence-corrected chi connectivity index (χ4v) is 2.94. The molecule has 0 aliphatic heterocycles. The molecule has 1 amide bonds. The molecule has 1 N–H and O–H groups in total. The molecule has 0 atom stereocenters. The number of hydrogen-bond acceptors (Lipinski definition) is 3. The normalized spacial score (nSPS) is 17.3. The van der Waals surface area contributed by atoms with Crippen LogP contribution in [-0.4, -0.2) is 32.9 Å². The minimum atomic E-state index is -3.09. The Labute approximate surface area is 118 Å². The zero-order chi connectivity index (χ0) is 14.8. The fraction of sp³-hybridized carbons (Fsp3) is 0.500.